The Morgan fingerprint density at radius 3 is 2.53 bits per heavy atom. The zero-order chi connectivity index (χ0) is 11.3. The van der Waals surface area contributed by atoms with Crippen molar-refractivity contribution in [3.63, 3.8) is 0 Å². The Labute approximate surface area is 90.9 Å². The van der Waals surface area contributed by atoms with Crippen molar-refractivity contribution in [1.82, 2.24) is 9.97 Å². The molecule has 0 spiro atoms. The third kappa shape index (κ3) is 2.89. The van der Waals surface area contributed by atoms with E-state index in [2.05, 4.69) is 23.8 Å². The second kappa shape index (κ2) is 5.66. The van der Waals surface area contributed by atoms with Gasteiger partial charge in [0.2, 0.25) is 5.88 Å². The van der Waals surface area contributed by atoms with Gasteiger partial charge in [0.05, 0.1) is 18.8 Å². The van der Waals surface area contributed by atoms with E-state index >= 15 is 0 Å². The Bertz CT molecular complexity index is 300. The highest BCUT2D eigenvalue weighted by Gasteiger charge is 2.17. The van der Waals surface area contributed by atoms with E-state index in [1.807, 2.05) is 6.07 Å². The Morgan fingerprint density at radius 2 is 2.00 bits per heavy atom. The molecule has 1 atom stereocenters. The first-order valence-electron chi connectivity index (χ1n) is 5.34. The molecule has 0 aliphatic rings. The quantitative estimate of drug-likeness (QED) is 0.804. The Balaban J connectivity index is 2.84. The first-order chi connectivity index (χ1) is 7.22. The second-order valence-corrected chi connectivity index (χ2v) is 3.59. The first-order valence-corrected chi connectivity index (χ1v) is 5.34. The smallest absolute Gasteiger partial charge is 0.216 e. The molecule has 0 saturated carbocycles. The Morgan fingerprint density at radius 1 is 1.33 bits per heavy atom. The molecular formula is C11H19N3O. The molecule has 2 N–H and O–H groups in total. The van der Waals surface area contributed by atoms with Crippen molar-refractivity contribution < 1.29 is 4.74 Å². The largest absolute Gasteiger partial charge is 0.481 e. The van der Waals surface area contributed by atoms with Crippen molar-refractivity contribution in [2.24, 2.45) is 11.7 Å². The fraction of sp³-hybridized carbons (Fsp3) is 0.636. The number of ether oxygens (including phenoxy) is 1. The molecule has 1 unspecified atom stereocenters. The van der Waals surface area contributed by atoms with Gasteiger partial charge in [-0.3, -0.25) is 0 Å². The molecular weight excluding hydrogens is 190 g/mol. The minimum absolute atomic E-state index is 0.0306. The number of hydrogen-bond donors (Lipinski definition) is 1. The maximum atomic E-state index is 6.14. The van der Waals surface area contributed by atoms with Crippen LogP contribution in [0.1, 0.15) is 38.4 Å². The molecule has 15 heavy (non-hydrogen) atoms. The predicted molar refractivity (Wildman–Crippen MR) is 59.6 cm³/mol. The van der Waals surface area contributed by atoms with Crippen molar-refractivity contribution in [1.29, 1.82) is 0 Å². The molecule has 4 nitrogen and oxygen atoms in total. The maximum Gasteiger partial charge on any atom is 0.216 e. The molecule has 1 aromatic rings. The summed E-state index contributed by atoms with van der Waals surface area (Å²) in [6.07, 6.45) is 3.62. The summed E-state index contributed by atoms with van der Waals surface area (Å²) in [5, 5.41) is 0. The molecule has 1 rings (SSSR count). The molecule has 84 valence electrons. The zero-order valence-electron chi connectivity index (χ0n) is 9.60. The highest BCUT2D eigenvalue weighted by Crippen LogP contribution is 2.24. The van der Waals surface area contributed by atoms with Crippen LogP contribution in [0, 0.1) is 5.92 Å². The molecule has 0 radical (unpaired) electrons. The number of aromatic nitrogens is 2. The third-order valence-corrected chi connectivity index (χ3v) is 2.77. The molecule has 1 aromatic heterocycles. The summed E-state index contributed by atoms with van der Waals surface area (Å²) in [6, 6.07) is 1.78. The molecule has 1 heterocycles. The van der Waals surface area contributed by atoms with Crippen LogP contribution in [-0.2, 0) is 0 Å². The van der Waals surface area contributed by atoms with Gasteiger partial charge in [0, 0.05) is 6.07 Å². The van der Waals surface area contributed by atoms with E-state index in [9.17, 15) is 0 Å². The fourth-order valence-corrected chi connectivity index (χ4v) is 1.69. The molecule has 0 aromatic carbocycles. The lowest BCUT2D eigenvalue weighted by Crippen LogP contribution is -2.21. The topological polar surface area (TPSA) is 61.0 Å². The van der Waals surface area contributed by atoms with E-state index in [1.165, 1.54) is 6.33 Å². The molecule has 0 amide bonds. The predicted octanol–water partition coefficient (Wildman–Crippen LogP) is 1.92. The van der Waals surface area contributed by atoms with Gasteiger partial charge in [-0.15, -0.1) is 0 Å². The standard InChI is InChI=1S/C11H19N3O/c1-4-8(5-2)11(12)9-6-10(15-3)14-7-13-9/h6-8,11H,4-5,12H2,1-3H3. The Hall–Kier alpha value is -1.16. The minimum Gasteiger partial charge on any atom is -0.481 e. The summed E-state index contributed by atoms with van der Waals surface area (Å²) >= 11 is 0. The lowest BCUT2D eigenvalue weighted by molar-refractivity contribution is 0.381. The minimum atomic E-state index is -0.0306. The van der Waals surface area contributed by atoms with Crippen LogP contribution in [0.25, 0.3) is 0 Å². The van der Waals surface area contributed by atoms with Crippen molar-refractivity contribution in [3.8, 4) is 5.88 Å². The normalized spacial score (nSPS) is 12.9. The van der Waals surface area contributed by atoms with E-state index in [1.54, 1.807) is 7.11 Å². The van der Waals surface area contributed by atoms with Gasteiger partial charge >= 0.3 is 0 Å². The van der Waals surface area contributed by atoms with Gasteiger partial charge in [0.1, 0.15) is 6.33 Å². The summed E-state index contributed by atoms with van der Waals surface area (Å²) in [7, 11) is 1.59. The maximum absolute atomic E-state index is 6.14. The number of rotatable bonds is 5. The monoisotopic (exact) mass is 209 g/mol. The van der Waals surface area contributed by atoms with Gasteiger partial charge in [-0.25, -0.2) is 9.97 Å². The molecule has 0 saturated heterocycles. The van der Waals surface area contributed by atoms with Crippen LogP contribution in [-0.4, -0.2) is 17.1 Å². The van der Waals surface area contributed by atoms with E-state index in [-0.39, 0.29) is 6.04 Å². The van der Waals surface area contributed by atoms with Crippen LogP contribution < -0.4 is 10.5 Å². The summed E-state index contributed by atoms with van der Waals surface area (Å²) in [5.41, 5.74) is 7.00. The lowest BCUT2D eigenvalue weighted by atomic mass is 9.92. The van der Waals surface area contributed by atoms with E-state index in [4.69, 9.17) is 10.5 Å². The van der Waals surface area contributed by atoms with Crippen molar-refractivity contribution in [2.75, 3.05) is 7.11 Å². The van der Waals surface area contributed by atoms with Gasteiger partial charge in [-0.05, 0) is 5.92 Å². The van der Waals surface area contributed by atoms with Crippen LogP contribution in [0.15, 0.2) is 12.4 Å². The van der Waals surface area contributed by atoms with Crippen LogP contribution in [0.4, 0.5) is 0 Å². The number of methoxy groups -OCH3 is 1. The van der Waals surface area contributed by atoms with Crippen molar-refractivity contribution in [2.45, 2.75) is 32.7 Å². The SMILES string of the molecule is CCC(CC)C(N)c1cc(OC)ncn1. The van der Waals surface area contributed by atoms with E-state index < -0.39 is 0 Å². The molecule has 0 aliphatic heterocycles. The fourth-order valence-electron chi connectivity index (χ4n) is 1.69. The lowest BCUT2D eigenvalue weighted by Gasteiger charge is -2.20. The van der Waals surface area contributed by atoms with E-state index in [0.29, 0.717) is 11.8 Å². The van der Waals surface area contributed by atoms with Gasteiger partial charge in [0.25, 0.3) is 0 Å². The number of hydrogen-bond acceptors (Lipinski definition) is 4. The van der Waals surface area contributed by atoms with Crippen molar-refractivity contribution >= 4 is 0 Å². The number of nitrogens with two attached hydrogens (primary N) is 1. The van der Waals surface area contributed by atoms with Crippen LogP contribution >= 0.6 is 0 Å². The molecule has 4 heteroatoms. The molecule has 0 bridgehead atoms. The van der Waals surface area contributed by atoms with Crippen LogP contribution in [0.5, 0.6) is 5.88 Å². The van der Waals surface area contributed by atoms with Crippen LogP contribution in [0.3, 0.4) is 0 Å². The average molecular weight is 209 g/mol. The highest BCUT2D eigenvalue weighted by atomic mass is 16.5. The summed E-state index contributed by atoms with van der Waals surface area (Å²) < 4.78 is 5.05. The van der Waals surface area contributed by atoms with Crippen LogP contribution in [0.2, 0.25) is 0 Å². The molecule has 0 aliphatic carbocycles. The first kappa shape index (κ1) is 11.9. The van der Waals surface area contributed by atoms with Gasteiger partial charge < -0.3 is 10.5 Å². The summed E-state index contributed by atoms with van der Waals surface area (Å²) in [5.74, 6) is 1.03. The second-order valence-electron chi connectivity index (χ2n) is 3.59. The highest BCUT2D eigenvalue weighted by molar-refractivity contribution is 5.16. The van der Waals surface area contributed by atoms with E-state index in [0.717, 1.165) is 18.5 Å². The summed E-state index contributed by atoms with van der Waals surface area (Å²) in [6.45, 7) is 4.29. The third-order valence-electron chi connectivity index (χ3n) is 2.77. The summed E-state index contributed by atoms with van der Waals surface area (Å²) in [4.78, 5) is 8.15. The number of nitrogens with zero attached hydrogens (tertiary/aromatic N) is 2. The van der Waals surface area contributed by atoms with Gasteiger partial charge in [0.15, 0.2) is 0 Å². The average Bonchev–Trinajstić information content (AvgIpc) is 2.30. The van der Waals surface area contributed by atoms with Gasteiger partial charge in [-0.2, -0.15) is 0 Å². The zero-order valence-corrected chi connectivity index (χ0v) is 9.60. The van der Waals surface area contributed by atoms with Gasteiger partial charge in [-0.1, -0.05) is 26.7 Å². The Kier molecular flexibility index (Phi) is 4.49. The van der Waals surface area contributed by atoms with Crippen molar-refractivity contribution in [3.05, 3.63) is 18.1 Å². The molecule has 0 fully saturated rings.